The van der Waals surface area contributed by atoms with Gasteiger partial charge in [-0.1, -0.05) is 31.0 Å². The minimum absolute atomic E-state index is 0.0789. The van der Waals surface area contributed by atoms with Crippen LogP contribution in [-0.2, 0) is 0 Å². The van der Waals surface area contributed by atoms with E-state index in [1.54, 1.807) is 12.1 Å². The zero-order valence-corrected chi connectivity index (χ0v) is 14.9. The van der Waals surface area contributed by atoms with Crippen molar-refractivity contribution >= 4 is 11.7 Å². The lowest BCUT2D eigenvalue weighted by molar-refractivity contribution is 0.189. The summed E-state index contributed by atoms with van der Waals surface area (Å²) in [6.07, 6.45) is 3.99. The van der Waals surface area contributed by atoms with Crippen molar-refractivity contribution in [2.75, 3.05) is 11.9 Å². The molecular formula is C21H25FN2O. The summed E-state index contributed by atoms with van der Waals surface area (Å²) in [6, 6.07) is 12.4. The van der Waals surface area contributed by atoms with Gasteiger partial charge in [0.05, 0.1) is 6.04 Å². The number of halogens is 1. The fourth-order valence-corrected chi connectivity index (χ4v) is 3.43. The number of carbonyl (C=O) groups excluding carboxylic acids is 1. The first-order chi connectivity index (χ1) is 12.0. The van der Waals surface area contributed by atoms with E-state index in [4.69, 9.17) is 0 Å². The maximum atomic E-state index is 13.7. The molecule has 3 nitrogen and oxygen atoms in total. The average Bonchev–Trinajstić information content (AvgIpc) is 2.84. The van der Waals surface area contributed by atoms with Gasteiger partial charge in [-0.25, -0.2) is 9.18 Å². The molecule has 25 heavy (non-hydrogen) atoms. The van der Waals surface area contributed by atoms with Crippen molar-refractivity contribution in [3.05, 3.63) is 65.0 Å². The first-order valence-electron chi connectivity index (χ1n) is 8.95. The molecule has 0 bridgehead atoms. The van der Waals surface area contributed by atoms with Crippen LogP contribution in [0.15, 0.2) is 42.5 Å². The third kappa shape index (κ3) is 4.19. The zero-order chi connectivity index (χ0) is 17.8. The van der Waals surface area contributed by atoms with Gasteiger partial charge in [0.25, 0.3) is 0 Å². The minimum atomic E-state index is -0.253. The summed E-state index contributed by atoms with van der Waals surface area (Å²) < 4.78 is 13.7. The van der Waals surface area contributed by atoms with Gasteiger partial charge in [0.15, 0.2) is 0 Å². The molecule has 0 unspecified atom stereocenters. The largest absolute Gasteiger partial charge is 0.322 e. The van der Waals surface area contributed by atoms with Gasteiger partial charge in [0.1, 0.15) is 5.82 Å². The number of carbonyl (C=O) groups is 1. The highest BCUT2D eigenvalue weighted by molar-refractivity contribution is 5.89. The number of hydrogen-bond acceptors (Lipinski definition) is 1. The SMILES string of the molecule is Cc1ccc(NC(=O)N2CCCCC[C@H]2c2cccc(F)c2)cc1C. The van der Waals surface area contributed by atoms with Gasteiger partial charge in [-0.05, 0) is 67.6 Å². The number of anilines is 1. The molecule has 2 aromatic rings. The smallest absolute Gasteiger partial charge is 0.317 e. The van der Waals surface area contributed by atoms with Crippen molar-refractivity contribution in [2.45, 2.75) is 45.6 Å². The maximum absolute atomic E-state index is 13.7. The van der Waals surface area contributed by atoms with Gasteiger partial charge in [-0.15, -0.1) is 0 Å². The molecule has 4 heteroatoms. The molecule has 132 valence electrons. The Morgan fingerprint density at radius 3 is 2.68 bits per heavy atom. The molecule has 1 N–H and O–H groups in total. The van der Waals surface area contributed by atoms with Gasteiger partial charge in [-0.2, -0.15) is 0 Å². The second kappa shape index (κ2) is 7.68. The Kier molecular flexibility index (Phi) is 5.37. The van der Waals surface area contributed by atoms with E-state index < -0.39 is 0 Å². The summed E-state index contributed by atoms with van der Waals surface area (Å²) in [5, 5.41) is 3.02. The first-order valence-corrected chi connectivity index (χ1v) is 8.95. The predicted octanol–water partition coefficient (Wildman–Crippen LogP) is 5.59. The van der Waals surface area contributed by atoms with Crippen LogP contribution in [0.25, 0.3) is 0 Å². The number of nitrogens with zero attached hydrogens (tertiary/aromatic N) is 1. The fraction of sp³-hybridized carbons (Fsp3) is 0.381. The minimum Gasteiger partial charge on any atom is -0.317 e. The summed E-state index contributed by atoms with van der Waals surface area (Å²) in [5.41, 5.74) is 4.02. The quantitative estimate of drug-likeness (QED) is 0.759. The predicted molar refractivity (Wildman–Crippen MR) is 99.2 cm³/mol. The molecule has 0 saturated carbocycles. The van der Waals surface area contributed by atoms with E-state index >= 15 is 0 Å². The molecule has 1 aliphatic heterocycles. The van der Waals surface area contributed by atoms with Gasteiger partial charge >= 0.3 is 6.03 Å². The number of aryl methyl sites for hydroxylation is 2. The third-order valence-corrected chi connectivity index (χ3v) is 5.01. The Labute approximate surface area is 148 Å². The Bertz CT molecular complexity index is 759. The lowest BCUT2D eigenvalue weighted by Crippen LogP contribution is -2.38. The summed E-state index contributed by atoms with van der Waals surface area (Å²) in [5.74, 6) is -0.253. The molecule has 1 atom stereocenters. The second-order valence-corrected chi connectivity index (χ2v) is 6.84. The van der Waals surface area contributed by atoms with E-state index in [-0.39, 0.29) is 17.9 Å². The van der Waals surface area contributed by atoms with Crippen molar-refractivity contribution in [3.8, 4) is 0 Å². The molecule has 0 aromatic heterocycles. The number of urea groups is 1. The number of benzene rings is 2. The number of hydrogen-bond donors (Lipinski definition) is 1. The summed E-state index contributed by atoms with van der Waals surface area (Å²) >= 11 is 0. The summed E-state index contributed by atoms with van der Waals surface area (Å²) in [6.45, 7) is 4.78. The molecule has 1 fully saturated rings. The molecule has 0 spiro atoms. The summed E-state index contributed by atoms with van der Waals surface area (Å²) in [4.78, 5) is 14.8. The van der Waals surface area contributed by atoms with E-state index in [0.29, 0.717) is 6.54 Å². The number of amides is 2. The Balaban J connectivity index is 1.82. The molecule has 1 aliphatic rings. The lowest BCUT2D eigenvalue weighted by atomic mass is 10.0. The standard InChI is InChI=1S/C21H25FN2O/c1-15-10-11-19(13-16(15)2)23-21(25)24-12-5-3-4-9-20(24)17-7-6-8-18(22)14-17/h6-8,10-11,13-14,20H,3-5,9,12H2,1-2H3,(H,23,25)/t20-/m0/s1. The van der Waals surface area contributed by atoms with Crippen LogP contribution in [-0.4, -0.2) is 17.5 Å². The van der Waals surface area contributed by atoms with E-state index in [9.17, 15) is 9.18 Å². The van der Waals surface area contributed by atoms with Crippen LogP contribution in [0.2, 0.25) is 0 Å². The van der Waals surface area contributed by atoms with E-state index in [1.165, 1.54) is 11.6 Å². The highest BCUT2D eigenvalue weighted by atomic mass is 19.1. The monoisotopic (exact) mass is 340 g/mol. The van der Waals surface area contributed by atoms with Crippen LogP contribution in [0.5, 0.6) is 0 Å². The van der Waals surface area contributed by atoms with Crippen LogP contribution < -0.4 is 5.32 Å². The van der Waals surface area contributed by atoms with Crippen molar-refractivity contribution in [1.29, 1.82) is 0 Å². The van der Waals surface area contributed by atoms with Gasteiger partial charge in [0, 0.05) is 12.2 Å². The first kappa shape index (κ1) is 17.5. The normalized spacial score (nSPS) is 17.9. The average molecular weight is 340 g/mol. The molecule has 2 amide bonds. The molecule has 3 rings (SSSR count). The molecule has 1 heterocycles. The highest BCUT2D eigenvalue weighted by Gasteiger charge is 2.27. The molecule has 1 saturated heterocycles. The van der Waals surface area contributed by atoms with Gasteiger partial charge < -0.3 is 10.2 Å². The second-order valence-electron chi connectivity index (χ2n) is 6.84. The molecule has 0 aliphatic carbocycles. The Hall–Kier alpha value is -2.36. The van der Waals surface area contributed by atoms with Crippen LogP contribution in [0.1, 0.15) is 48.4 Å². The van der Waals surface area contributed by atoms with Crippen molar-refractivity contribution in [1.82, 2.24) is 4.90 Å². The molecule has 2 aromatic carbocycles. The van der Waals surface area contributed by atoms with E-state index in [2.05, 4.69) is 12.2 Å². The van der Waals surface area contributed by atoms with E-state index in [1.807, 2.05) is 36.1 Å². The number of likely N-dealkylation sites (tertiary alicyclic amines) is 1. The fourth-order valence-electron chi connectivity index (χ4n) is 3.43. The molecule has 0 radical (unpaired) electrons. The Morgan fingerprint density at radius 1 is 1.08 bits per heavy atom. The van der Waals surface area contributed by atoms with Crippen molar-refractivity contribution in [3.63, 3.8) is 0 Å². The highest BCUT2D eigenvalue weighted by Crippen LogP contribution is 2.31. The molecular weight excluding hydrogens is 315 g/mol. The van der Waals surface area contributed by atoms with Crippen LogP contribution in [0.3, 0.4) is 0 Å². The van der Waals surface area contributed by atoms with Gasteiger partial charge in [-0.3, -0.25) is 0 Å². The van der Waals surface area contributed by atoms with Crippen LogP contribution >= 0.6 is 0 Å². The Morgan fingerprint density at radius 2 is 1.92 bits per heavy atom. The number of nitrogens with one attached hydrogen (secondary N) is 1. The zero-order valence-electron chi connectivity index (χ0n) is 14.9. The third-order valence-electron chi connectivity index (χ3n) is 5.01. The number of rotatable bonds is 2. The topological polar surface area (TPSA) is 32.3 Å². The van der Waals surface area contributed by atoms with E-state index in [0.717, 1.165) is 42.5 Å². The maximum Gasteiger partial charge on any atom is 0.322 e. The van der Waals surface area contributed by atoms with Crippen LogP contribution in [0.4, 0.5) is 14.9 Å². The van der Waals surface area contributed by atoms with Crippen molar-refractivity contribution in [2.24, 2.45) is 0 Å². The lowest BCUT2D eigenvalue weighted by Gasteiger charge is -2.30. The summed E-state index contributed by atoms with van der Waals surface area (Å²) in [7, 11) is 0. The van der Waals surface area contributed by atoms with Crippen LogP contribution in [0, 0.1) is 19.7 Å². The van der Waals surface area contributed by atoms with Crippen molar-refractivity contribution < 1.29 is 9.18 Å². The van der Waals surface area contributed by atoms with Gasteiger partial charge in [0.2, 0.25) is 0 Å².